The van der Waals surface area contributed by atoms with Gasteiger partial charge in [-0.1, -0.05) is 30.3 Å². The van der Waals surface area contributed by atoms with Crippen LogP contribution in [-0.2, 0) is 13.1 Å². The van der Waals surface area contributed by atoms with E-state index in [4.69, 9.17) is 5.73 Å². The molecule has 0 saturated heterocycles. The number of benzene rings is 2. The van der Waals surface area contributed by atoms with Crippen LogP contribution in [0.2, 0.25) is 0 Å². The minimum atomic E-state index is -0.737. The van der Waals surface area contributed by atoms with Gasteiger partial charge in [0.25, 0.3) is 11.8 Å². The molecule has 1 heterocycles. The summed E-state index contributed by atoms with van der Waals surface area (Å²) in [5.74, 6) is -2.55. The van der Waals surface area contributed by atoms with Crippen molar-refractivity contribution in [3.05, 3.63) is 81.9 Å². The third-order valence-electron chi connectivity index (χ3n) is 3.82. The molecule has 0 saturated carbocycles. The molecule has 0 aliphatic carbocycles. The molecule has 0 spiro atoms. The van der Waals surface area contributed by atoms with Crippen molar-refractivity contribution in [3.8, 4) is 0 Å². The van der Waals surface area contributed by atoms with Gasteiger partial charge in [-0.05, 0) is 34.8 Å². The third-order valence-corrected chi connectivity index (χ3v) is 4.68. The van der Waals surface area contributed by atoms with Crippen LogP contribution < -0.4 is 16.4 Å². The lowest BCUT2D eigenvalue weighted by Gasteiger charge is -2.06. The Morgan fingerprint density at radius 1 is 0.929 bits per heavy atom. The minimum absolute atomic E-state index is 0.0390. The molecule has 2 amide bonds. The first-order chi connectivity index (χ1) is 13.4. The molecule has 4 N–H and O–H groups in total. The monoisotopic (exact) mass is 402 g/mol. The molecule has 0 radical (unpaired) electrons. The highest BCUT2D eigenvalue weighted by Crippen LogP contribution is 2.22. The Kier molecular flexibility index (Phi) is 5.95. The maximum atomic E-state index is 13.2. The van der Waals surface area contributed by atoms with Gasteiger partial charge in [0, 0.05) is 19.2 Å². The number of hydrogen-bond acceptors (Lipinski definition) is 5. The van der Waals surface area contributed by atoms with Crippen LogP contribution in [0.3, 0.4) is 0 Å². The Hall–Kier alpha value is -3.33. The topological polar surface area (TPSA) is 97.1 Å². The molecule has 28 heavy (non-hydrogen) atoms. The van der Waals surface area contributed by atoms with Crippen LogP contribution in [0.15, 0.2) is 48.5 Å². The van der Waals surface area contributed by atoms with E-state index >= 15 is 0 Å². The number of rotatable bonds is 6. The molecule has 3 rings (SSSR count). The fourth-order valence-electron chi connectivity index (χ4n) is 2.46. The molecule has 1 aromatic heterocycles. The van der Waals surface area contributed by atoms with E-state index < -0.39 is 23.4 Å². The standard InChI is InChI=1S/C19H16F2N4O2S/c20-13-6-12(7-14(21)8-13)10-24-19(27)17-15(22)16(25-28-17)18(26)23-9-11-4-2-1-3-5-11/h1-8H,9-10,22H2,(H,23,26)(H,24,27). The Balaban J connectivity index is 1.62. The molecule has 0 aliphatic heterocycles. The number of anilines is 1. The minimum Gasteiger partial charge on any atom is -0.395 e. The lowest BCUT2D eigenvalue weighted by atomic mass is 10.2. The highest BCUT2D eigenvalue weighted by Gasteiger charge is 2.22. The van der Waals surface area contributed by atoms with Gasteiger partial charge in [-0.3, -0.25) is 9.59 Å². The first-order valence-corrected chi connectivity index (χ1v) is 9.02. The van der Waals surface area contributed by atoms with E-state index in [2.05, 4.69) is 15.0 Å². The van der Waals surface area contributed by atoms with Crippen molar-refractivity contribution in [3.63, 3.8) is 0 Å². The lowest BCUT2D eigenvalue weighted by molar-refractivity contribution is 0.0946. The number of nitrogen functional groups attached to an aromatic ring is 1. The van der Waals surface area contributed by atoms with Crippen LogP contribution in [0.25, 0.3) is 0 Å². The van der Waals surface area contributed by atoms with Crippen molar-refractivity contribution in [1.82, 2.24) is 15.0 Å². The summed E-state index contributed by atoms with van der Waals surface area (Å²) >= 11 is 0.780. The van der Waals surface area contributed by atoms with Crippen molar-refractivity contribution >= 4 is 29.0 Å². The molecule has 0 atom stereocenters. The second kappa shape index (κ2) is 8.57. The van der Waals surface area contributed by atoms with Gasteiger partial charge in [-0.25, -0.2) is 8.78 Å². The Morgan fingerprint density at radius 3 is 2.21 bits per heavy atom. The molecular formula is C19H16F2N4O2S. The normalized spacial score (nSPS) is 10.5. The van der Waals surface area contributed by atoms with Crippen LogP contribution in [-0.4, -0.2) is 16.2 Å². The van der Waals surface area contributed by atoms with Crippen LogP contribution >= 0.6 is 11.5 Å². The van der Waals surface area contributed by atoms with Gasteiger partial charge in [0.1, 0.15) is 16.5 Å². The summed E-state index contributed by atoms with van der Waals surface area (Å²) in [6.45, 7) is 0.198. The summed E-state index contributed by atoms with van der Waals surface area (Å²) in [5, 5.41) is 5.20. The number of hydrogen-bond donors (Lipinski definition) is 3. The molecule has 9 heteroatoms. The van der Waals surface area contributed by atoms with Gasteiger partial charge < -0.3 is 16.4 Å². The number of aromatic nitrogens is 1. The fraction of sp³-hybridized carbons (Fsp3) is 0.105. The summed E-state index contributed by atoms with van der Waals surface area (Å²) in [6, 6.07) is 12.3. The molecule has 0 unspecified atom stereocenters. The SMILES string of the molecule is Nc1c(C(=O)NCc2ccccc2)nsc1C(=O)NCc1cc(F)cc(F)c1. The number of nitrogens with one attached hydrogen (secondary N) is 2. The molecule has 0 aliphatic rings. The zero-order valence-electron chi connectivity index (χ0n) is 14.5. The second-order valence-electron chi connectivity index (χ2n) is 5.90. The second-order valence-corrected chi connectivity index (χ2v) is 6.68. The number of halogens is 2. The van der Waals surface area contributed by atoms with E-state index in [9.17, 15) is 18.4 Å². The number of carbonyl (C=O) groups excluding carboxylic acids is 2. The average Bonchev–Trinajstić information content (AvgIpc) is 3.06. The van der Waals surface area contributed by atoms with Crippen molar-refractivity contribution in [2.45, 2.75) is 13.1 Å². The number of amides is 2. The van der Waals surface area contributed by atoms with Gasteiger partial charge in [0.2, 0.25) is 0 Å². The third kappa shape index (κ3) is 4.68. The van der Waals surface area contributed by atoms with Gasteiger partial charge in [-0.2, -0.15) is 4.37 Å². The lowest BCUT2D eigenvalue weighted by Crippen LogP contribution is -2.25. The van der Waals surface area contributed by atoms with E-state index in [0.29, 0.717) is 6.54 Å². The number of nitrogens with zero attached hydrogens (tertiary/aromatic N) is 1. The summed E-state index contributed by atoms with van der Waals surface area (Å²) in [7, 11) is 0. The van der Waals surface area contributed by atoms with E-state index in [1.165, 1.54) is 0 Å². The Morgan fingerprint density at radius 2 is 1.54 bits per heavy atom. The highest BCUT2D eigenvalue weighted by molar-refractivity contribution is 7.09. The maximum Gasteiger partial charge on any atom is 0.273 e. The van der Waals surface area contributed by atoms with Crippen LogP contribution in [0, 0.1) is 11.6 Å². The summed E-state index contributed by atoms with van der Waals surface area (Å²) in [6.07, 6.45) is 0. The fourth-order valence-corrected chi connectivity index (χ4v) is 3.18. The molecule has 2 aromatic carbocycles. The first kappa shape index (κ1) is 19.4. The average molecular weight is 402 g/mol. The van der Waals surface area contributed by atoms with Gasteiger partial charge in [0.05, 0.1) is 5.69 Å². The van der Waals surface area contributed by atoms with Crippen molar-refractivity contribution < 1.29 is 18.4 Å². The van der Waals surface area contributed by atoms with Crippen molar-refractivity contribution in [2.75, 3.05) is 5.73 Å². The molecule has 144 valence electrons. The molecule has 0 fully saturated rings. The summed E-state index contributed by atoms with van der Waals surface area (Å²) in [5.41, 5.74) is 6.98. The predicted molar refractivity (Wildman–Crippen MR) is 102 cm³/mol. The highest BCUT2D eigenvalue weighted by atomic mass is 32.1. The predicted octanol–water partition coefficient (Wildman–Crippen LogP) is 2.86. The number of carbonyl (C=O) groups is 2. The van der Waals surface area contributed by atoms with Gasteiger partial charge in [0.15, 0.2) is 5.69 Å². The zero-order chi connectivity index (χ0) is 20.1. The van der Waals surface area contributed by atoms with Gasteiger partial charge >= 0.3 is 0 Å². The van der Waals surface area contributed by atoms with E-state index in [0.717, 1.165) is 35.3 Å². The summed E-state index contributed by atoms with van der Waals surface area (Å²) in [4.78, 5) is 24.6. The first-order valence-electron chi connectivity index (χ1n) is 8.24. The summed E-state index contributed by atoms with van der Waals surface area (Å²) < 4.78 is 30.4. The quantitative estimate of drug-likeness (QED) is 0.591. The zero-order valence-corrected chi connectivity index (χ0v) is 15.4. The smallest absolute Gasteiger partial charge is 0.273 e. The molecule has 0 bridgehead atoms. The van der Waals surface area contributed by atoms with Crippen molar-refractivity contribution in [1.29, 1.82) is 0 Å². The Labute approximate surface area is 163 Å². The largest absolute Gasteiger partial charge is 0.395 e. The van der Waals surface area contributed by atoms with E-state index in [-0.39, 0.29) is 28.4 Å². The maximum absolute atomic E-state index is 13.2. The van der Waals surface area contributed by atoms with E-state index in [1.54, 1.807) is 0 Å². The van der Waals surface area contributed by atoms with Crippen LogP contribution in [0.5, 0.6) is 0 Å². The van der Waals surface area contributed by atoms with Crippen LogP contribution in [0.1, 0.15) is 31.3 Å². The Bertz CT molecular complexity index is 988. The molecular weight excluding hydrogens is 386 g/mol. The molecule has 3 aromatic rings. The van der Waals surface area contributed by atoms with E-state index in [1.807, 2.05) is 30.3 Å². The van der Waals surface area contributed by atoms with Crippen molar-refractivity contribution in [2.24, 2.45) is 0 Å². The van der Waals surface area contributed by atoms with Crippen LogP contribution in [0.4, 0.5) is 14.5 Å². The molecule has 6 nitrogen and oxygen atoms in total. The number of nitrogens with two attached hydrogens (primary N) is 1. The van der Waals surface area contributed by atoms with Gasteiger partial charge in [-0.15, -0.1) is 0 Å².